The lowest BCUT2D eigenvalue weighted by molar-refractivity contribution is -0.139. The summed E-state index contributed by atoms with van der Waals surface area (Å²) in [5.74, 6) is -3.65. The topological polar surface area (TPSA) is 133 Å². The van der Waals surface area contributed by atoms with Crippen LogP contribution in [0.3, 0.4) is 0 Å². The number of hydrogen-bond donors (Lipinski definition) is 4. The third kappa shape index (κ3) is 4.92. The second-order valence-corrected chi connectivity index (χ2v) is 6.23. The van der Waals surface area contributed by atoms with Gasteiger partial charge in [0.2, 0.25) is 0 Å². The van der Waals surface area contributed by atoms with Crippen molar-refractivity contribution in [1.29, 1.82) is 0 Å². The zero-order chi connectivity index (χ0) is 17.7. The van der Waals surface area contributed by atoms with Crippen LogP contribution in [0.2, 0.25) is 0 Å². The predicted octanol–water partition coefficient (Wildman–Crippen LogP) is 0.374. The van der Waals surface area contributed by atoms with E-state index < -0.39 is 37.0 Å². The zero-order valence-electron chi connectivity index (χ0n) is 12.5. The highest BCUT2D eigenvalue weighted by Gasteiger charge is 2.37. The summed E-state index contributed by atoms with van der Waals surface area (Å²) in [6.07, 6.45) is 0.666. The molecule has 2 atom stereocenters. The van der Waals surface area contributed by atoms with Gasteiger partial charge < -0.3 is 25.2 Å². The lowest BCUT2D eigenvalue weighted by atomic mass is 9.72. The maximum absolute atomic E-state index is 12.4. The van der Waals surface area contributed by atoms with E-state index in [1.807, 2.05) is 0 Å². The Bertz CT molecular complexity index is 646. The lowest BCUT2D eigenvalue weighted by Gasteiger charge is -2.31. The van der Waals surface area contributed by atoms with Gasteiger partial charge in [0.1, 0.15) is 0 Å². The molecule has 1 aromatic heterocycles. The number of aliphatic carboxylic acids is 2. The quantitative estimate of drug-likeness (QED) is 0.429. The van der Waals surface area contributed by atoms with Crippen molar-refractivity contribution in [2.45, 2.75) is 31.3 Å². The molecular weight excluding hydrogens is 337 g/mol. The minimum Gasteiger partial charge on any atom is -0.481 e. The highest BCUT2D eigenvalue weighted by Crippen LogP contribution is 2.23. The summed E-state index contributed by atoms with van der Waals surface area (Å²) in [6, 6.07) is 3.31. The van der Waals surface area contributed by atoms with Gasteiger partial charge in [0.15, 0.2) is 0 Å². The van der Waals surface area contributed by atoms with Crippen LogP contribution in [0.5, 0.6) is 0 Å². The van der Waals surface area contributed by atoms with Crippen LogP contribution < -0.4 is 5.32 Å². The van der Waals surface area contributed by atoms with Gasteiger partial charge in [-0.3, -0.25) is 9.59 Å². The van der Waals surface area contributed by atoms with Crippen LogP contribution in [0.25, 0.3) is 5.57 Å². The number of thiophene rings is 1. The molecule has 1 saturated heterocycles. The van der Waals surface area contributed by atoms with Crippen molar-refractivity contribution in [3.05, 3.63) is 28.5 Å². The van der Waals surface area contributed by atoms with E-state index in [0.717, 1.165) is 6.08 Å². The number of carboxylic acids is 2. The van der Waals surface area contributed by atoms with E-state index >= 15 is 0 Å². The van der Waals surface area contributed by atoms with Gasteiger partial charge in [-0.05, 0) is 24.3 Å². The zero-order valence-corrected chi connectivity index (χ0v) is 13.4. The van der Waals surface area contributed by atoms with E-state index in [1.165, 1.54) is 11.3 Å². The maximum atomic E-state index is 12.4. The van der Waals surface area contributed by atoms with Crippen molar-refractivity contribution >= 4 is 41.9 Å². The molecule has 0 saturated carbocycles. The van der Waals surface area contributed by atoms with E-state index in [0.29, 0.717) is 17.7 Å². The van der Waals surface area contributed by atoms with Crippen LogP contribution in [0, 0.1) is 0 Å². The summed E-state index contributed by atoms with van der Waals surface area (Å²) in [7, 11) is -1.35. The van der Waals surface area contributed by atoms with Gasteiger partial charge in [0.25, 0.3) is 5.91 Å². The molecule has 0 unspecified atom stereocenters. The number of nitrogens with one attached hydrogen (secondary N) is 1. The Morgan fingerprint density at radius 1 is 1.38 bits per heavy atom. The highest BCUT2D eigenvalue weighted by molar-refractivity contribution is 7.11. The lowest BCUT2D eigenvalue weighted by Crippen LogP contribution is -2.53. The van der Waals surface area contributed by atoms with Crippen molar-refractivity contribution in [1.82, 2.24) is 5.32 Å². The van der Waals surface area contributed by atoms with Gasteiger partial charge in [0, 0.05) is 11.0 Å². The Balaban J connectivity index is 2.03. The molecule has 1 amide bonds. The summed E-state index contributed by atoms with van der Waals surface area (Å²) >= 11 is 1.22. The normalized spacial score (nSPS) is 21.4. The molecule has 0 aliphatic carbocycles. The number of carboxylic acid groups (broad SMARTS) is 2. The third-order valence-electron chi connectivity index (χ3n) is 3.49. The fraction of sp³-hybridized carbons (Fsp3) is 0.357. The molecule has 1 aliphatic heterocycles. The average Bonchev–Trinajstić information content (AvgIpc) is 3.00. The minimum absolute atomic E-state index is 0.0163. The van der Waals surface area contributed by atoms with Crippen molar-refractivity contribution in [3.8, 4) is 0 Å². The Kier molecular flexibility index (Phi) is 6.13. The summed E-state index contributed by atoms with van der Waals surface area (Å²) < 4.78 is 5.19. The van der Waals surface area contributed by atoms with Crippen LogP contribution in [0.15, 0.2) is 23.6 Å². The van der Waals surface area contributed by atoms with Crippen LogP contribution in [-0.2, 0) is 19.0 Å². The number of hydrogen-bond acceptors (Lipinski definition) is 6. The SMILES string of the molecule is O=C(O)/C=C(\C(=O)N[C@H]1CC[C@@H](CC(=O)O)OB1O)c1cccs1. The number of amides is 1. The molecular formula is C14H16BNO7S. The van der Waals surface area contributed by atoms with E-state index in [1.54, 1.807) is 17.5 Å². The Labute approximate surface area is 141 Å². The second kappa shape index (κ2) is 8.09. The predicted molar refractivity (Wildman–Crippen MR) is 86.2 cm³/mol. The second-order valence-electron chi connectivity index (χ2n) is 5.28. The molecule has 4 N–H and O–H groups in total. The Hall–Kier alpha value is -2.17. The molecule has 1 aliphatic rings. The first-order valence-electron chi connectivity index (χ1n) is 7.21. The van der Waals surface area contributed by atoms with Gasteiger partial charge in [-0.25, -0.2) is 4.79 Å². The summed E-state index contributed by atoms with van der Waals surface area (Å²) in [4.78, 5) is 34.4. The fourth-order valence-corrected chi connectivity index (χ4v) is 3.15. The molecule has 0 spiro atoms. The molecule has 0 bridgehead atoms. The molecule has 0 aromatic carbocycles. The van der Waals surface area contributed by atoms with Gasteiger partial charge in [-0.1, -0.05) is 6.07 Å². The van der Waals surface area contributed by atoms with Gasteiger partial charge in [0.05, 0.1) is 24.0 Å². The molecule has 0 radical (unpaired) electrons. The molecule has 1 fully saturated rings. The van der Waals surface area contributed by atoms with Gasteiger partial charge >= 0.3 is 19.1 Å². The molecule has 24 heavy (non-hydrogen) atoms. The first-order chi connectivity index (χ1) is 11.4. The van der Waals surface area contributed by atoms with Crippen LogP contribution >= 0.6 is 11.3 Å². The van der Waals surface area contributed by atoms with E-state index in [-0.39, 0.29) is 12.0 Å². The Morgan fingerprint density at radius 2 is 2.12 bits per heavy atom. The van der Waals surface area contributed by atoms with Crippen molar-refractivity contribution in [3.63, 3.8) is 0 Å². The number of carbonyl (C=O) groups is 3. The van der Waals surface area contributed by atoms with Gasteiger partial charge in [-0.15, -0.1) is 11.3 Å². The first kappa shape index (κ1) is 18.2. The van der Waals surface area contributed by atoms with Crippen molar-refractivity contribution in [2.75, 3.05) is 0 Å². The molecule has 8 nitrogen and oxygen atoms in total. The summed E-state index contributed by atoms with van der Waals surface area (Å²) in [6.45, 7) is 0. The summed E-state index contributed by atoms with van der Waals surface area (Å²) in [5.41, 5.74) is -0.0163. The fourth-order valence-electron chi connectivity index (χ4n) is 2.41. The van der Waals surface area contributed by atoms with Crippen molar-refractivity contribution in [2.24, 2.45) is 0 Å². The molecule has 2 heterocycles. The first-order valence-corrected chi connectivity index (χ1v) is 8.09. The summed E-state index contributed by atoms with van der Waals surface area (Å²) in [5, 5.41) is 31.9. The van der Waals surface area contributed by atoms with E-state index in [4.69, 9.17) is 14.9 Å². The maximum Gasteiger partial charge on any atom is 0.478 e. The third-order valence-corrected chi connectivity index (χ3v) is 4.40. The standard InChI is InChI=1S/C14H16BNO7S/c17-12(18)6-8-3-4-11(15(22)23-8)16-14(21)9(7-13(19)20)10-2-1-5-24-10/h1-2,5,7-8,11,22H,3-4,6H2,(H,16,21)(H,17,18)(H,19,20)/b9-7-/t8-,11-/m0/s1. The highest BCUT2D eigenvalue weighted by atomic mass is 32.1. The molecule has 128 valence electrons. The monoisotopic (exact) mass is 353 g/mol. The van der Waals surface area contributed by atoms with E-state index in [9.17, 15) is 19.4 Å². The smallest absolute Gasteiger partial charge is 0.478 e. The van der Waals surface area contributed by atoms with Crippen LogP contribution in [0.4, 0.5) is 0 Å². The largest absolute Gasteiger partial charge is 0.481 e. The van der Waals surface area contributed by atoms with Crippen molar-refractivity contribution < 1.29 is 34.3 Å². The molecule has 10 heteroatoms. The average molecular weight is 353 g/mol. The number of rotatable bonds is 6. The molecule has 2 rings (SSSR count). The molecule has 1 aromatic rings. The Morgan fingerprint density at radius 3 is 2.67 bits per heavy atom. The van der Waals surface area contributed by atoms with Crippen LogP contribution in [0.1, 0.15) is 24.1 Å². The minimum atomic E-state index is -1.35. The van der Waals surface area contributed by atoms with E-state index in [2.05, 4.69) is 5.32 Å². The van der Waals surface area contributed by atoms with Crippen LogP contribution in [-0.4, -0.2) is 52.2 Å². The number of carbonyl (C=O) groups excluding carboxylic acids is 1. The van der Waals surface area contributed by atoms with Gasteiger partial charge in [-0.2, -0.15) is 0 Å².